The average Bonchev–Trinajstić information content (AvgIpc) is 3.47. The zero-order chi connectivity index (χ0) is 20.2. The van der Waals surface area contributed by atoms with E-state index < -0.39 is 0 Å². The van der Waals surface area contributed by atoms with Crippen LogP contribution in [-0.2, 0) is 17.9 Å². The quantitative estimate of drug-likeness (QED) is 0.503. The number of carbonyl (C=O) groups is 3. The predicted molar refractivity (Wildman–Crippen MR) is 114 cm³/mol. The fourth-order valence-corrected chi connectivity index (χ4v) is 4.84. The lowest BCUT2D eigenvalue weighted by Gasteiger charge is -2.22. The summed E-state index contributed by atoms with van der Waals surface area (Å²) in [4.78, 5) is 43.2. The molecule has 0 radical (unpaired) electrons. The third kappa shape index (κ3) is 4.31. The first-order chi connectivity index (χ1) is 14.1. The van der Waals surface area contributed by atoms with E-state index >= 15 is 0 Å². The molecule has 2 aromatic heterocycles. The molecule has 5 nitrogen and oxygen atoms in total. The standard InChI is InChI=1S/C22H20N2O3S2/c25-20(23(14-16-6-4-12-28-16)15-17-7-5-13-29-17)10-3-11-24-21(26)18-8-1-2-9-19(18)22(24)27/h1-2,4-9,12-13H,3,10-11,14-15H2. The Bertz CT molecular complexity index is 941. The molecule has 7 heteroatoms. The number of amides is 3. The summed E-state index contributed by atoms with van der Waals surface area (Å²) in [7, 11) is 0. The van der Waals surface area contributed by atoms with E-state index in [9.17, 15) is 14.4 Å². The van der Waals surface area contributed by atoms with Crippen molar-refractivity contribution in [2.45, 2.75) is 25.9 Å². The second-order valence-electron chi connectivity index (χ2n) is 6.82. The highest BCUT2D eigenvalue weighted by atomic mass is 32.1. The van der Waals surface area contributed by atoms with Gasteiger partial charge in [0.1, 0.15) is 0 Å². The fraction of sp³-hybridized carbons (Fsp3) is 0.227. The van der Waals surface area contributed by atoms with Crippen LogP contribution in [0.2, 0.25) is 0 Å². The van der Waals surface area contributed by atoms with Crippen LogP contribution in [0.3, 0.4) is 0 Å². The Labute approximate surface area is 177 Å². The van der Waals surface area contributed by atoms with Gasteiger partial charge in [-0.15, -0.1) is 22.7 Å². The van der Waals surface area contributed by atoms with Gasteiger partial charge in [0.25, 0.3) is 11.8 Å². The number of thiophene rings is 2. The Morgan fingerprint density at radius 3 is 1.86 bits per heavy atom. The lowest BCUT2D eigenvalue weighted by atomic mass is 10.1. The van der Waals surface area contributed by atoms with E-state index in [-0.39, 0.29) is 24.3 Å². The Balaban J connectivity index is 1.37. The zero-order valence-electron chi connectivity index (χ0n) is 15.7. The van der Waals surface area contributed by atoms with Crippen molar-refractivity contribution in [1.29, 1.82) is 0 Å². The summed E-state index contributed by atoms with van der Waals surface area (Å²) in [5.74, 6) is -0.512. The second kappa shape index (κ2) is 8.71. The monoisotopic (exact) mass is 424 g/mol. The van der Waals surface area contributed by atoms with E-state index in [0.29, 0.717) is 37.1 Å². The van der Waals surface area contributed by atoms with Crippen molar-refractivity contribution in [1.82, 2.24) is 9.80 Å². The molecule has 0 N–H and O–H groups in total. The maximum Gasteiger partial charge on any atom is 0.261 e. The van der Waals surface area contributed by atoms with Gasteiger partial charge in [-0.05, 0) is 41.4 Å². The number of carbonyl (C=O) groups excluding carboxylic acids is 3. The first-order valence-electron chi connectivity index (χ1n) is 9.41. The molecule has 0 saturated heterocycles. The molecule has 0 spiro atoms. The van der Waals surface area contributed by atoms with Crippen LogP contribution in [0.5, 0.6) is 0 Å². The highest BCUT2D eigenvalue weighted by molar-refractivity contribution is 7.10. The predicted octanol–water partition coefficient (Wildman–Crippen LogP) is 4.41. The van der Waals surface area contributed by atoms with Crippen LogP contribution in [-0.4, -0.2) is 34.1 Å². The third-order valence-electron chi connectivity index (χ3n) is 4.86. The van der Waals surface area contributed by atoms with E-state index in [2.05, 4.69) is 0 Å². The first kappa shape index (κ1) is 19.5. The summed E-state index contributed by atoms with van der Waals surface area (Å²) in [5, 5.41) is 4.01. The second-order valence-corrected chi connectivity index (χ2v) is 8.88. The van der Waals surface area contributed by atoms with Crippen molar-refractivity contribution < 1.29 is 14.4 Å². The lowest BCUT2D eigenvalue weighted by molar-refractivity contribution is -0.132. The minimum Gasteiger partial charge on any atom is -0.332 e. The number of nitrogens with zero attached hydrogens (tertiary/aromatic N) is 2. The average molecular weight is 425 g/mol. The Morgan fingerprint density at radius 2 is 1.38 bits per heavy atom. The molecular formula is C22H20N2O3S2. The molecule has 1 aliphatic heterocycles. The molecule has 3 amide bonds. The normalized spacial score (nSPS) is 13.0. The van der Waals surface area contributed by atoms with Gasteiger partial charge in [0.15, 0.2) is 0 Å². The third-order valence-corrected chi connectivity index (χ3v) is 6.58. The van der Waals surface area contributed by atoms with E-state index in [1.807, 2.05) is 39.9 Å². The van der Waals surface area contributed by atoms with Crippen molar-refractivity contribution in [2.24, 2.45) is 0 Å². The molecule has 0 aliphatic carbocycles. The van der Waals surface area contributed by atoms with Crippen LogP contribution in [0.25, 0.3) is 0 Å². The maximum atomic E-state index is 12.9. The number of fused-ring (bicyclic) bond motifs is 1. The summed E-state index contributed by atoms with van der Waals surface area (Å²) in [6, 6.07) is 14.9. The number of benzene rings is 1. The minimum absolute atomic E-state index is 0.0309. The van der Waals surface area contributed by atoms with E-state index in [4.69, 9.17) is 0 Å². The summed E-state index contributed by atoms with van der Waals surface area (Å²) in [6.07, 6.45) is 0.750. The molecule has 0 bridgehead atoms. The molecule has 3 heterocycles. The highest BCUT2D eigenvalue weighted by Gasteiger charge is 2.34. The first-order valence-corrected chi connectivity index (χ1v) is 11.2. The number of rotatable bonds is 8. The van der Waals surface area contributed by atoms with Crippen LogP contribution < -0.4 is 0 Å². The molecule has 1 aliphatic rings. The van der Waals surface area contributed by atoms with Crippen LogP contribution >= 0.6 is 22.7 Å². The largest absolute Gasteiger partial charge is 0.332 e. The van der Waals surface area contributed by atoms with Gasteiger partial charge in [-0.25, -0.2) is 0 Å². The molecule has 0 atom stereocenters. The van der Waals surface area contributed by atoms with Gasteiger partial charge in [-0.1, -0.05) is 24.3 Å². The van der Waals surface area contributed by atoms with Gasteiger partial charge in [0, 0.05) is 22.7 Å². The van der Waals surface area contributed by atoms with Gasteiger partial charge in [0.05, 0.1) is 24.2 Å². The smallest absolute Gasteiger partial charge is 0.261 e. The Morgan fingerprint density at radius 1 is 0.828 bits per heavy atom. The van der Waals surface area contributed by atoms with Crippen molar-refractivity contribution >= 4 is 40.4 Å². The van der Waals surface area contributed by atoms with Crippen LogP contribution in [0.15, 0.2) is 59.3 Å². The minimum atomic E-state index is -0.271. The van der Waals surface area contributed by atoms with Gasteiger partial charge in [-0.3, -0.25) is 19.3 Å². The number of hydrogen-bond donors (Lipinski definition) is 0. The summed E-state index contributed by atoms with van der Waals surface area (Å²) >= 11 is 3.26. The van der Waals surface area contributed by atoms with E-state index in [0.717, 1.165) is 9.75 Å². The van der Waals surface area contributed by atoms with Gasteiger partial charge in [0.2, 0.25) is 5.91 Å². The Hall–Kier alpha value is -2.77. The highest BCUT2D eigenvalue weighted by Crippen LogP contribution is 2.23. The molecule has 0 fully saturated rings. The SMILES string of the molecule is O=C(CCCN1C(=O)c2ccccc2C1=O)N(Cc1cccs1)Cc1cccs1. The molecular weight excluding hydrogens is 404 g/mol. The number of hydrogen-bond acceptors (Lipinski definition) is 5. The molecule has 1 aromatic carbocycles. The molecule has 4 rings (SSSR count). The van der Waals surface area contributed by atoms with Crippen LogP contribution in [0.1, 0.15) is 43.3 Å². The zero-order valence-corrected chi connectivity index (χ0v) is 17.4. The maximum absolute atomic E-state index is 12.9. The van der Waals surface area contributed by atoms with Crippen molar-refractivity contribution in [2.75, 3.05) is 6.54 Å². The van der Waals surface area contributed by atoms with Crippen molar-refractivity contribution in [3.63, 3.8) is 0 Å². The molecule has 0 saturated carbocycles. The van der Waals surface area contributed by atoms with Crippen LogP contribution in [0.4, 0.5) is 0 Å². The van der Waals surface area contributed by atoms with Crippen LogP contribution in [0, 0.1) is 0 Å². The number of imide groups is 1. The molecule has 3 aromatic rings. The summed E-state index contributed by atoms with van der Waals surface area (Å²) < 4.78 is 0. The fourth-order valence-electron chi connectivity index (χ4n) is 3.40. The van der Waals surface area contributed by atoms with Crippen molar-refractivity contribution in [3.8, 4) is 0 Å². The summed E-state index contributed by atoms with van der Waals surface area (Å²) in [5.41, 5.74) is 0.890. The van der Waals surface area contributed by atoms with Gasteiger partial charge >= 0.3 is 0 Å². The summed E-state index contributed by atoms with van der Waals surface area (Å²) in [6.45, 7) is 1.40. The molecule has 0 unspecified atom stereocenters. The van der Waals surface area contributed by atoms with Crippen molar-refractivity contribution in [3.05, 3.63) is 80.2 Å². The topological polar surface area (TPSA) is 57.7 Å². The molecule has 29 heavy (non-hydrogen) atoms. The van der Waals surface area contributed by atoms with E-state index in [1.165, 1.54) is 4.90 Å². The molecule has 148 valence electrons. The lowest BCUT2D eigenvalue weighted by Crippen LogP contribution is -2.33. The van der Waals surface area contributed by atoms with E-state index in [1.54, 1.807) is 46.9 Å². The Kier molecular flexibility index (Phi) is 5.87. The van der Waals surface area contributed by atoms with Gasteiger partial charge < -0.3 is 4.90 Å². The van der Waals surface area contributed by atoms with Gasteiger partial charge in [-0.2, -0.15) is 0 Å².